The summed E-state index contributed by atoms with van der Waals surface area (Å²) in [5.74, 6) is 1.90. The van der Waals surface area contributed by atoms with E-state index in [4.69, 9.17) is 17.3 Å². The van der Waals surface area contributed by atoms with E-state index in [2.05, 4.69) is 77.5 Å². The zero-order chi connectivity index (χ0) is 20.4. The molecule has 1 unspecified atom stereocenters. The van der Waals surface area contributed by atoms with Crippen LogP contribution < -0.4 is 10.6 Å². The standard InChI is InChI=1S/C23H33N5S/c1-16(2)13-24-23(29)25-14-19-11-18-9-10-28(19)15-20(18)22-12-21(26-27(22)3)17-7-5-4-6-8-17/h4-8,12,16,18-20H,9-11,13-15H2,1-3H3,(H2,24,25,29)/t18-,19-,20+/m1/s1. The van der Waals surface area contributed by atoms with E-state index in [9.17, 15) is 0 Å². The van der Waals surface area contributed by atoms with Crippen LogP contribution in [0.25, 0.3) is 11.3 Å². The minimum absolute atomic E-state index is 0.570. The van der Waals surface area contributed by atoms with Crippen molar-refractivity contribution in [2.45, 2.75) is 38.6 Å². The van der Waals surface area contributed by atoms with Crippen molar-refractivity contribution >= 4 is 17.3 Å². The van der Waals surface area contributed by atoms with Gasteiger partial charge in [-0.15, -0.1) is 0 Å². The highest BCUT2D eigenvalue weighted by atomic mass is 32.1. The molecule has 3 fully saturated rings. The molecule has 2 aromatic rings. The number of aryl methyl sites for hydroxylation is 1. The van der Waals surface area contributed by atoms with Gasteiger partial charge in [-0.2, -0.15) is 5.10 Å². The Labute approximate surface area is 179 Å². The van der Waals surface area contributed by atoms with Crippen molar-refractivity contribution in [1.82, 2.24) is 25.3 Å². The molecular formula is C23H33N5S. The SMILES string of the molecule is CC(C)CNC(=S)NC[C@H]1C[C@H]2CCN1C[C@@H]2c1cc(-c2ccccc2)nn1C. The van der Waals surface area contributed by atoms with Gasteiger partial charge in [-0.05, 0) is 49.5 Å². The number of aromatic nitrogens is 2. The maximum Gasteiger partial charge on any atom is 0.166 e. The Morgan fingerprint density at radius 2 is 2.03 bits per heavy atom. The van der Waals surface area contributed by atoms with Gasteiger partial charge in [0.25, 0.3) is 0 Å². The van der Waals surface area contributed by atoms with E-state index in [1.165, 1.54) is 30.6 Å². The highest BCUT2D eigenvalue weighted by Crippen LogP contribution is 2.42. The van der Waals surface area contributed by atoms with Crippen molar-refractivity contribution in [3.8, 4) is 11.3 Å². The average Bonchev–Trinajstić information content (AvgIpc) is 3.13. The molecule has 2 N–H and O–H groups in total. The second kappa shape index (κ2) is 8.84. The van der Waals surface area contributed by atoms with E-state index >= 15 is 0 Å². The third kappa shape index (κ3) is 4.64. The van der Waals surface area contributed by atoms with Crippen molar-refractivity contribution in [2.24, 2.45) is 18.9 Å². The third-order valence-corrected chi connectivity index (χ3v) is 6.70. The third-order valence-electron chi connectivity index (χ3n) is 6.41. The molecule has 0 radical (unpaired) electrons. The first-order valence-corrected chi connectivity index (χ1v) is 11.3. The molecule has 5 nitrogen and oxygen atoms in total. The second-order valence-electron chi connectivity index (χ2n) is 8.97. The minimum Gasteiger partial charge on any atom is -0.362 e. The van der Waals surface area contributed by atoms with Crippen molar-refractivity contribution in [3.63, 3.8) is 0 Å². The van der Waals surface area contributed by atoms with Gasteiger partial charge in [-0.25, -0.2) is 0 Å². The molecule has 3 aliphatic rings. The molecule has 3 aliphatic heterocycles. The monoisotopic (exact) mass is 411 g/mol. The average molecular weight is 412 g/mol. The van der Waals surface area contributed by atoms with Crippen molar-refractivity contribution < 1.29 is 0 Å². The summed E-state index contributed by atoms with van der Waals surface area (Å²) in [6.07, 6.45) is 2.51. The molecular weight excluding hydrogens is 378 g/mol. The number of rotatable bonds is 6. The molecule has 29 heavy (non-hydrogen) atoms. The number of hydrogen-bond acceptors (Lipinski definition) is 3. The summed E-state index contributed by atoms with van der Waals surface area (Å²) in [4.78, 5) is 2.65. The van der Waals surface area contributed by atoms with Crippen LogP contribution in [0.2, 0.25) is 0 Å². The van der Waals surface area contributed by atoms with Crippen LogP contribution >= 0.6 is 12.2 Å². The number of benzene rings is 1. The van der Waals surface area contributed by atoms with E-state index in [-0.39, 0.29) is 0 Å². The maximum atomic E-state index is 5.44. The molecule has 0 aliphatic carbocycles. The summed E-state index contributed by atoms with van der Waals surface area (Å²) < 4.78 is 2.10. The Morgan fingerprint density at radius 1 is 1.24 bits per heavy atom. The Bertz CT molecular complexity index is 831. The Balaban J connectivity index is 1.38. The Hall–Kier alpha value is -1.92. The summed E-state index contributed by atoms with van der Waals surface area (Å²) in [7, 11) is 2.09. The lowest BCUT2D eigenvalue weighted by Crippen LogP contribution is -2.56. The summed E-state index contributed by atoms with van der Waals surface area (Å²) in [5.41, 5.74) is 3.65. The van der Waals surface area contributed by atoms with E-state index in [0.29, 0.717) is 17.9 Å². The number of hydrogen-bond donors (Lipinski definition) is 2. The summed E-state index contributed by atoms with van der Waals surface area (Å²) in [6.45, 7) is 8.58. The van der Waals surface area contributed by atoms with Crippen LogP contribution in [0.5, 0.6) is 0 Å². The smallest absolute Gasteiger partial charge is 0.166 e. The van der Waals surface area contributed by atoms with Gasteiger partial charge in [0.2, 0.25) is 0 Å². The van der Waals surface area contributed by atoms with Gasteiger partial charge >= 0.3 is 0 Å². The van der Waals surface area contributed by atoms with Crippen LogP contribution in [-0.2, 0) is 7.05 Å². The van der Waals surface area contributed by atoms with E-state index in [1.54, 1.807) is 0 Å². The lowest BCUT2D eigenvalue weighted by atomic mass is 9.74. The van der Waals surface area contributed by atoms with E-state index in [0.717, 1.165) is 36.4 Å². The predicted octanol–water partition coefficient (Wildman–Crippen LogP) is 3.39. The minimum atomic E-state index is 0.570. The van der Waals surface area contributed by atoms with Gasteiger partial charge in [-0.3, -0.25) is 9.58 Å². The number of nitrogens with one attached hydrogen (secondary N) is 2. The fraction of sp³-hybridized carbons (Fsp3) is 0.565. The lowest BCUT2D eigenvalue weighted by molar-refractivity contribution is 0.0303. The fourth-order valence-corrected chi connectivity index (χ4v) is 5.00. The van der Waals surface area contributed by atoms with Crippen LogP contribution in [0.15, 0.2) is 36.4 Å². The van der Waals surface area contributed by atoms with Crippen LogP contribution in [0, 0.1) is 11.8 Å². The van der Waals surface area contributed by atoms with Gasteiger partial charge < -0.3 is 10.6 Å². The number of nitrogens with zero attached hydrogens (tertiary/aromatic N) is 3. The van der Waals surface area contributed by atoms with Gasteiger partial charge in [0, 0.05) is 49.9 Å². The second-order valence-corrected chi connectivity index (χ2v) is 9.38. The van der Waals surface area contributed by atoms with Gasteiger partial charge in [-0.1, -0.05) is 44.2 Å². The zero-order valence-corrected chi connectivity index (χ0v) is 18.6. The van der Waals surface area contributed by atoms with Crippen molar-refractivity contribution in [3.05, 3.63) is 42.1 Å². The molecule has 3 saturated heterocycles. The maximum absolute atomic E-state index is 5.44. The first-order chi connectivity index (χ1) is 14.0. The molecule has 4 atom stereocenters. The zero-order valence-electron chi connectivity index (χ0n) is 17.8. The quantitative estimate of drug-likeness (QED) is 0.714. The Kier molecular flexibility index (Phi) is 6.20. The summed E-state index contributed by atoms with van der Waals surface area (Å²) >= 11 is 5.44. The number of fused-ring (bicyclic) bond motifs is 3. The van der Waals surface area contributed by atoms with Crippen LogP contribution in [-0.4, -0.2) is 52.0 Å². The molecule has 0 amide bonds. The van der Waals surface area contributed by atoms with Gasteiger partial charge in [0.1, 0.15) is 0 Å². The van der Waals surface area contributed by atoms with Gasteiger partial charge in [0.15, 0.2) is 5.11 Å². The molecule has 1 aromatic carbocycles. The lowest BCUT2D eigenvalue weighted by Gasteiger charge is -2.50. The molecule has 0 saturated carbocycles. The van der Waals surface area contributed by atoms with Crippen LogP contribution in [0.4, 0.5) is 0 Å². The first kappa shape index (κ1) is 20.4. The molecule has 6 heteroatoms. The fourth-order valence-electron chi connectivity index (χ4n) is 4.83. The molecule has 2 bridgehead atoms. The number of piperidine rings is 3. The van der Waals surface area contributed by atoms with E-state index in [1.807, 2.05) is 0 Å². The normalized spacial score (nSPS) is 25.9. The van der Waals surface area contributed by atoms with Crippen molar-refractivity contribution in [1.29, 1.82) is 0 Å². The van der Waals surface area contributed by atoms with Crippen LogP contribution in [0.1, 0.15) is 38.3 Å². The largest absolute Gasteiger partial charge is 0.362 e. The Morgan fingerprint density at radius 3 is 2.72 bits per heavy atom. The first-order valence-electron chi connectivity index (χ1n) is 10.9. The van der Waals surface area contributed by atoms with Crippen molar-refractivity contribution in [2.75, 3.05) is 26.2 Å². The molecule has 0 spiro atoms. The summed E-state index contributed by atoms with van der Waals surface area (Å²) in [6, 6.07) is 13.4. The summed E-state index contributed by atoms with van der Waals surface area (Å²) in [5, 5.41) is 12.4. The van der Waals surface area contributed by atoms with Crippen LogP contribution in [0.3, 0.4) is 0 Å². The topological polar surface area (TPSA) is 45.1 Å². The molecule has 1 aromatic heterocycles. The number of thiocarbonyl (C=S) groups is 1. The molecule has 156 valence electrons. The highest BCUT2D eigenvalue weighted by Gasteiger charge is 2.41. The van der Waals surface area contributed by atoms with Gasteiger partial charge in [0.05, 0.1) is 5.69 Å². The molecule has 4 heterocycles. The predicted molar refractivity (Wildman–Crippen MR) is 123 cm³/mol. The highest BCUT2D eigenvalue weighted by molar-refractivity contribution is 7.80. The molecule has 5 rings (SSSR count). The van der Waals surface area contributed by atoms with E-state index < -0.39 is 0 Å².